The van der Waals surface area contributed by atoms with E-state index in [0.29, 0.717) is 0 Å². The monoisotopic (exact) mass is 422 g/mol. The van der Waals surface area contributed by atoms with Gasteiger partial charge in [-0.25, -0.2) is 0 Å². The molecular formula is C12H12BrIN2S. The van der Waals surface area contributed by atoms with Crippen molar-refractivity contribution >= 4 is 49.9 Å². The Balaban J connectivity index is 2.12. The van der Waals surface area contributed by atoms with Gasteiger partial charge in [0.25, 0.3) is 0 Å². The summed E-state index contributed by atoms with van der Waals surface area (Å²) in [5.41, 5.74) is 5.39. The van der Waals surface area contributed by atoms with Crippen LogP contribution in [0.5, 0.6) is 0 Å². The lowest BCUT2D eigenvalue weighted by atomic mass is 10.0. The summed E-state index contributed by atoms with van der Waals surface area (Å²) in [6, 6.07) is 10.8. The van der Waals surface area contributed by atoms with Gasteiger partial charge in [0.15, 0.2) is 0 Å². The molecule has 2 nitrogen and oxygen atoms in total. The molecule has 2 aromatic rings. The van der Waals surface area contributed by atoms with Crippen molar-refractivity contribution in [3.8, 4) is 0 Å². The first-order chi connectivity index (χ1) is 8.19. The van der Waals surface area contributed by atoms with Crippen molar-refractivity contribution in [1.29, 1.82) is 0 Å². The van der Waals surface area contributed by atoms with Gasteiger partial charge in [-0.15, -0.1) is 11.3 Å². The van der Waals surface area contributed by atoms with Gasteiger partial charge >= 0.3 is 0 Å². The van der Waals surface area contributed by atoms with Crippen molar-refractivity contribution in [2.45, 2.75) is 12.5 Å². The summed E-state index contributed by atoms with van der Waals surface area (Å²) in [7, 11) is 0. The number of halogens is 2. The minimum atomic E-state index is 0.164. The molecular weight excluding hydrogens is 411 g/mol. The van der Waals surface area contributed by atoms with E-state index < -0.39 is 0 Å². The second-order valence-electron chi connectivity index (χ2n) is 3.73. The van der Waals surface area contributed by atoms with Crippen LogP contribution in [0, 0.1) is 3.57 Å². The summed E-state index contributed by atoms with van der Waals surface area (Å²) in [4.78, 5) is 0. The molecule has 0 aliphatic heterocycles. The van der Waals surface area contributed by atoms with Crippen LogP contribution in [-0.4, -0.2) is 0 Å². The Hall–Kier alpha value is 0.0500. The quantitative estimate of drug-likeness (QED) is 0.446. The summed E-state index contributed by atoms with van der Waals surface area (Å²) < 4.78 is 2.39. The van der Waals surface area contributed by atoms with Gasteiger partial charge in [0.1, 0.15) is 0 Å². The summed E-state index contributed by atoms with van der Waals surface area (Å²) in [6.45, 7) is 0. The lowest BCUT2D eigenvalue weighted by molar-refractivity contribution is 0.553. The van der Waals surface area contributed by atoms with Crippen LogP contribution in [0.2, 0.25) is 0 Å². The van der Waals surface area contributed by atoms with E-state index >= 15 is 0 Å². The summed E-state index contributed by atoms with van der Waals surface area (Å²) in [5, 5.41) is 2.13. The van der Waals surface area contributed by atoms with Crippen LogP contribution in [0.15, 0.2) is 39.5 Å². The number of hydrogen-bond donors (Lipinski definition) is 2. The van der Waals surface area contributed by atoms with Gasteiger partial charge in [-0.2, -0.15) is 0 Å². The predicted molar refractivity (Wildman–Crippen MR) is 84.9 cm³/mol. The highest BCUT2D eigenvalue weighted by Gasteiger charge is 2.12. The molecule has 1 atom stereocenters. The number of nitrogens with two attached hydrogens (primary N) is 1. The molecule has 0 aliphatic rings. The molecule has 1 heterocycles. The van der Waals surface area contributed by atoms with Gasteiger partial charge < -0.3 is 0 Å². The standard InChI is InChI=1S/C12H12BrIN2S/c13-12-6-9(7-17-12)11(16-15)5-8-1-3-10(14)4-2-8/h1-4,6-7,11,16H,5,15H2. The molecule has 0 aliphatic carbocycles. The molecule has 5 heteroatoms. The number of thiophene rings is 1. The fraction of sp³-hybridized carbons (Fsp3) is 0.167. The van der Waals surface area contributed by atoms with Gasteiger partial charge in [0.05, 0.1) is 9.83 Å². The van der Waals surface area contributed by atoms with E-state index in [1.165, 1.54) is 14.7 Å². The van der Waals surface area contributed by atoms with Crippen LogP contribution >= 0.6 is 49.9 Å². The second kappa shape index (κ2) is 6.29. The normalized spacial score (nSPS) is 12.6. The number of benzene rings is 1. The largest absolute Gasteiger partial charge is 0.271 e. The maximum absolute atomic E-state index is 5.63. The third-order valence-corrected chi connectivity index (χ3v) is 4.79. The van der Waals surface area contributed by atoms with Crippen LogP contribution in [0.25, 0.3) is 0 Å². The average molecular weight is 423 g/mol. The predicted octanol–water partition coefficient (Wildman–Crippen LogP) is 3.86. The van der Waals surface area contributed by atoms with Crippen LogP contribution in [0.1, 0.15) is 17.2 Å². The van der Waals surface area contributed by atoms with Crippen molar-refractivity contribution in [2.24, 2.45) is 5.84 Å². The molecule has 0 amide bonds. The lowest BCUT2D eigenvalue weighted by Crippen LogP contribution is -2.29. The second-order valence-corrected chi connectivity index (χ2v) is 7.27. The molecule has 0 saturated carbocycles. The number of hydrogen-bond acceptors (Lipinski definition) is 3. The van der Waals surface area contributed by atoms with E-state index in [2.05, 4.69) is 79.7 Å². The van der Waals surface area contributed by atoms with Crippen LogP contribution < -0.4 is 11.3 Å². The SMILES string of the molecule is NNC(Cc1ccc(I)cc1)c1csc(Br)c1. The van der Waals surface area contributed by atoms with Crippen LogP contribution in [-0.2, 0) is 6.42 Å². The lowest BCUT2D eigenvalue weighted by Gasteiger charge is -2.14. The third kappa shape index (κ3) is 3.75. The first-order valence-corrected chi connectivity index (χ1v) is 7.88. The first kappa shape index (κ1) is 13.5. The van der Waals surface area contributed by atoms with E-state index in [9.17, 15) is 0 Å². The highest BCUT2D eigenvalue weighted by Crippen LogP contribution is 2.27. The molecule has 1 aromatic heterocycles. The van der Waals surface area contributed by atoms with Gasteiger partial charge in [0.2, 0.25) is 0 Å². The zero-order chi connectivity index (χ0) is 12.3. The topological polar surface area (TPSA) is 38.0 Å². The third-order valence-electron chi connectivity index (χ3n) is 2.54. The first-order valence-electron chi connectivity index (χ1n) is 5.13. The number of rotatable bonds is 4. The van der Waals surface area contributed by atoms with Crippen LogP contribution in [0.4, 0.5) is 0 Å². The van der Waals surface area contributed by atoms with E-state index in [1.807, 2.05) is 0 Å². The number of nitrogens with one attached hydrogen (secondary N) is 1. The summed E-state index contributed by atoms with van der Waals surface area (Å²) in [5.74, 6) is 5.63. The fourth-order valence-corrected chi connectivity index (χ4v) is 3.22. The van der Waals surface area contributed by atoms with E-state index in [1.54, 1.807) is 11.3 Å². The zero-order valence-electron chi connectivity index (χ0n) is 8.99. The molecule has 0 bridgehead atoms. The summed E-state index contributed by atoms with van der Waals surface area (Å²) in [6.07, 6.45) is 0.899. The van der Waals surface area contributed by atoms with Crippen molar-refractivity contribution in [2.75, 3.05) is 0 Å². The Morgan fingerprint density at radius 2 is 2.06 bits per heavy atom. The molecule has 0 radical (unpaired) electrons. The maximum Gasteiger partial charge on any atom is 0.0701 e. The van der Waals surface area contributed by atoms with Crippen LogP contribution in [0.3, 0.4) is 0 Å². The minimum Gasteiger partial charge on any atom is -0.271 e. The Kier molecular flexibility index (Phi) is 4.98. The Labute approximate surface area is 127 Å². The maximum atomic E-state index is 5.63. The molecule has 0 saturated heterocycles. The minimum absolute atomic E-state index is 0.164. The van der Waals surface area contributed by atoms with Crippen molar-refractivity contribution in [1.82, 2.24) is 5.43 Å². The number of hydrazine groups is 1. The van der Waals surface area contributed by atoms with Crippen molar-refractivity contribution in [3.05, 3.63) is 54.2 Å². The molecule has 2 rings (SSSR count). The van der Waals surface area contributed by atoms with Gasteiger partial charge in [-0.3, -0.25) is 11.3 Å². The average Bonchev–Trinajstić information content (AvgIpc) is 2.75. The highest BCUT2D eigenvalue weighted by molar-refractivity contribution is 14.1. The van der Waals surface area contributed by atoms with E-state index in [0.717, 1.165) is 10.2 Å². The molecule has 0 spiro atoms. The van der Waals surface area contributed by atoms with Crippen molar-refractivity contribution in [3.63, 3.8) is 0 Å². The smallest absolute Gasteiger partial charge is 0.0701 e. The van der Waals surface area contributed by atoms with Crippen molar-refractivity contribution < 1.29 is 0 Å². The van der Waals surface area contributed by atoms with Gasteiger partial charge in [-0.05, 0) is 79.6 Å². The molecule has 90 valence electrons. The van der Waals surface area contributed by atoms with E-state index in [4.69, 9.17) is 5.84 Å². The molecule has 1 aromatic carbocycles. The van der Waals surface area contributed by atoms with Gasteiger partial charge in [-0.1, -0.05) is 12.1 Å². The molecule has 17 heavy (non-hydrogen) atoms. The van der Waals surface area contributed by atoms with E-state index in [-0.39, 0.29) is 6.04 Å². The summed E-state index contributed by atoms with van der Waals surface area (Å²) >= 11 is 7.46. The molecule has 3 N–H and O–H groups in total. The highest BCUT2D eigenvalue weighted by atomic mass is 127. The Morgan fingerprint density at radius 3 is 2.59 bits per heavy atom. The molecule has 1 unspecified atom stereocenters. The zero-order valence-corrected chi connectivity index (χ0v) is 13.6. The Bertz CT molecular complexity index is 484. The van der Waals surface area contributed by atoms with Gasteiger partial charge in [0, 0.05) is 3.57 Å². The Morgan fingerprint density at radius 1 is 1.35 bits per heavy atom. The molecule has 0 fully saturated rings. The fourth-order valence-electron chi connectivity index (χ4n) is 1.64.